The smallest absolute Gasteiger partial charge is 0.0110 e. The van der Waals surface area contributed by atoms with E-state index < -0.39 is 0 Å². The summed E-state index contributed by atoms with van der Waals surface area (Å²) in [5, 5.41) is 3.47. The molecule has 108 valence electrons. The van der Waals surface area contributed by atoms with E-state index in [1.807, 2.05) is 0 Å². The Kier molecular flexibility index (Phi) is 8.59. The molecule has 0 spiro atoms. The molecule has 1 fully saturated rings. The summed E-state index contributed by atoms with van der Waals surface area (Å²) in [5.41, 5.74) is 0. The van der Waals surface area contributed by atoms with Crippen molar-refractivity contribution in [3.05, 3.63) is 0 Å². The van der Waals surface area contributed by atoms with Crippen LogP contribution < -0.4 is 5.32 Å². The SMILES string of the molecule is CCCNCCCN1CCN(CCN(C)C)CC1. The van der Waals surface area contributed by atoms with Crippen molar-refractivity contribution in [1.82, 2.24) is 20.0 Å². The van der Waals surface area contributed by atoms with Crippen LogP contribution in [0, 0.1) is 0 Å². The molecule has 0 aromatic heterocycles. The molecule has 1 aliphatic heterocycles. The quantitative estimate of drug-likeness (QED) is 0.608. The van der Waals surface area contributed by atoms with Gasteiger partial charge in [-0.3, -0.25) is 4.90 Å². The molecule has 0 aliphatic carbocycles. The lowest BCUT2D eigenvalue weighted by Gasteiger charge is -2.35. The van der Waals surface area contributed by atoms with Crippen LogP contribution in [0.15, 0.2) is 0 Å². The molecule has 1 aliphatic rings. The van der Waals surface area contributed by atoms with E-state index in [2.05, 4.69) is 41.0 Å². The van der Waals surface area contributed by atoms with Gasteiger partial charge in [0.2, 0.25) is 0 Å². The van der Waals surface area contributed by atoms with Crippen molar-refractivity contribution in [3.63, 3.8) is 0 Å². The van der Waals surface area contributed by atoms with Crippen molar-refractivity contribution in [2.24, 2.45) is 0 Å². The van der Waals surface area contributed by atoms with Gasteiger partial charge < -0.3 is 15.1 Å². The highest BCUT2D eigenvalue weighted by molar-refractivity contribution is 4.72. The molecule has 4 nitrogen and oxygen atoms in total. The van der Waals surface area contributed by atoms with E-state index in [4.69, 9.17) is 0 Å². The third-order valence-electron chi connectivity index (χ3n) is 3.58. The van der Waals surface area contributed by atoms with Crippen LogP contribution >= 0.6 is 0 Å². The average molecular weight is 256 g/mol. The summed E-state index contributed by atoms with van der Waals surface area (Å²) >= 11 is 0. The van der Waals surface area contributed by atoms with E-state index in [1.165, 1.54) is 65.2 Å². The molecule has 0 bridgehead atoms. The first kappa shape index (κ1) is 15.9. The number of rotatable bonds is 9. The molecule has 0 radical (unpaired) electrons. The van der Waals surface area contributed by atoms with Crippen molar-refractivity contribution in [3.8, 4) is 0 Å². The molecule has 1 heterocycles. The van der Waals surface area contributed by atoms with E-state index in [1.54, 1.807) is 0 Å². The molecule has 0 unspecified atom stereocenters. The van der Waals surface area contributed by atoms with Gasteiger partial charge in [-0.1, -0.05) is 6.92 Å². The van der Waals surface area contributed by atoms with Crippen molar-refractivity contribution in [2.45, 2.75) is 19.8 Å². The Morgan fingerprint density at radius 1 is 0.944 bits per heavy atom. The summed E-state index contributed by atoms with van der Waals surface area (Å²) in [4.78, 5) is 7.47. The highest BCUT2D eigenvalue weighted by Crippen LogP contribution is 2.02. The zero-order valence-electron chi connectivity index (χ0n) is 12.6. The van der Waals surface area contributed by atoms with Gasteiger partial charge in [-0.25, -0.2) is 0 Å². The van der Waals surface area contributed by atoms with Crippen LogP contribution in [0.5, 0.6) is 0 Å². The van der Waals surface area contributed by atoms with Gasteiger partial charge >= 0.3 is 0 Å². The van der Waals surface area contributed by atoms with Crippen molar-refractivity contribution < 1.29 is 0 Å². The zero-order chi connectivity index (χ0) is 13.2. The van der Waals surface area contributed by atoms with E-state index in [0.29, 0.717) is 0 Å². The minimum absolute atomic E-state index is 1.16. The number of likely N-dealkylation sites (N-methyl/N-ethyl adjacent to an activating group) is 1. The van der Waals surface area contributed by atoms with Gasteiger partial charge in [0.05, 0.1) is 0 Å². The minimum Gasteiger partial charge on any atom is -0.317 e. The molecule has 0 aromatic rings. The van der Waals surface area contributed by atoms with Crippen molar-refractivity contribution in [1.29, 1.82) is 0 Å². The first-order valence-corrected chi connectivity index (χ1v) is 7.52. The minimum atomic E-state index is 1.16. The molecule has 4 heteroatoms. The predicted octanol–water partition coefficient (Wildman–Crippen LogP) is 0.555. The maximum atomic E-state index is 3.47. The van der Waals surface area contributed by atoms with Crippen LogP contribution in [0.4, 0.5) is 0 Å². The zero-order valence-corrected chi connectivity index (χ0v) is 12.6. The van der Waals surface area contributed by atoms with E-state index in [0.717, 1.165) is 6.54 Å². The van der Waals surface area contributed by atoms with Crippen LogP contribution in [0.25, 0.3) is 0 Å². The number of hydrogen-bond acceptors (Lipinski definition) is 4. The maximum absolute atomic E-state index is 3.47. The van der Waals surface area contributed by atoms with Crippen LogP contribution in [0.3, 0.4) is 0 Å². The molecular formula is C14H32N4. The Morgan fingerprint density at radius 2 is 1.56 bits per heavy atom. The summed E-state index contributed by atoms with van der Waals surface area (Å²) in [5.74, 6) is 0. The standard InChI is InChI=1S/C14H32N4/c1-4-6-15-7-5-8-17-11-13-18(14-12-17)10-9-16(2)3/h15H,4-14H2,1-3H3. The molecule has 0 atom stereocenters. The van der Waals surface area contributed by atoms with Crippen LogP contribution in [0.2, 0.25) is 0 Å². The Balaban J connectivity index is 1.98. The Morgan fingerprint density at radius 3 is 2.11 bits per heavy atom. The number of nitrogens with zero attached hydrogens (tertiary/aromatic N) is 3. The lowest BCUT2D eigenvalue weighted by Crippen LogP contribution is -2.48. The third-order valence-corrected chi connectivity index (χ3v) is 3.58. The summed E-state index contributed by atoms with van der Waals surface area (Å²) in [6, 6.07) is 0. The summed E-state index contributed by atoms with van der Waals surface area (Å²) in [6.45, 7) is 13.2. The van der Waals surface area contributed by atoms with Crippen molar-refractivity contribution >= 4 is 0 Å². The molecule has 0 amide bonds. The average Bonchev–Trinajstić information content (AvgIpc) is 2.37. The summed E-state index contributed by atoms with van der Waals surface area (Å²) in [7, 11) is 4.30. The normalized spacial score (nSPS) is 18.7. The van der Waals surface area contributed by atoms with Crippen molar-refractivity contribution in [2.75, 3.05) is 73.0 Å². The second-order valence-corrected chi connectivity index (χ2v) is 5.59. The van der Waals surface area contributed by atoms with E-state index in [-0.39, 0.29) is 0 Å². The molecule has 1 rings (SSSR count). The first-order valence-electron chi connectivity index (χ1n) is 7.52. The molecular weight excluding hydrogens is 224 g/mol. The topological polar surface area (TPSA) is 21.8 Å². The van der Waals surface area contributed by atoms with Crippen LogP contribution in [-0.4, -0.2) is 87.7 Å². The highest BCUT2D eigenvalue weighted by atomic mass is 15.3. The van der Waals surface area contributed by atoms with Gasteiger partial charge in [0, 0.05) is 39.3 Å². The van der Waals surface area contributed by atoms with Crippen LogP contribution in [-0.2, 0) is 0 Å². The Hall–Kier alpha value is -0.160. The second kappa shape index (κ2) is 9.73. The molecule has 1 saturated heterocycles. The van der Waals surface area contributed by atoms with Crippen LogP contribution in [0.1, 0.15) is 19.8 Å². The van der Waals surface area contributed by atoms with Gasteiger partial charge in [-0.05, 0) is 46.6 Å². The van der Waals surface area contributed by atoms with Gasteiger partial charge in [0.1, 0.15) is 0 Å². The molecule has 1 N–H and O–H groups in total. The second-order valence-electron chi connectivity index (χ2n) is 5.59. The first-order chi connectivity index (χ1) is 8.72. The lowest BCUT2D eigenvalue weighted by atomic mass is 10.3. The fourth-order valence-electron chi connectivity index (χ4n) is 2.31. The number of hydrogen-bond donors (Lipinski definition) is 1. The maximum Gasteiger partial charge on any atom is 0.0110 e. The Labute approximate surface area is 113 Å². The molecule has 0 aromatic carbocycles. The van der Waals surface area contributed by atoms with Gasteiger partial charge in [0.25, 0.3) is 0 Å². The monoisotopic (exact) mass is 256 g/mol. The summed E-state index contributed by atoms with van der Waals surface area (Å²) < 4.78 is 0. The van der Waals surface area contributed by atoms with Gasteiger partial charge in [0.15, 0.2) is 0 Å². The van der Waals surface area contributed by atoms with Gasteiger partial charge in [-0.2, -0.15) is 0 Å². The summed E-state index contributed by atoms with van der Waals surface area (Å²) in [6.07, 6.45) is 2.53. The highest BCUT2D eigenvalue weighted by Gasteiger charge is 2.15. The Bertz CT molecular complexity index is 188. The largest absolute Gasteiger partial charge is 0.317 e. The van der Waals surface area contributed by atoms with E-state index >= 15 is 0 Å². The number of nitrogens with one attached hydrogen (secondary N) is 1. The third kappa shape index (κ3) is 7.31. The fraction of sp³-hybridized carbons (Fsp3) is 1.00. The van der Waals surface area contributed by atoms with Gasteiger partial charge in [-0.15, -0.1) is 0 Å². The molecule has 18 heavy (non-hydrogen) atoms. The predicted molar refractivity (Wildman–Crippen MR) is 79.2 cm³/mol. The number of piperazine rings is 1. The molecule has 0 saturated carbocycles. The van der Waals surface area contributed by atoms with E-state index in [9.17, 15) is 0 Å². The lowest BCUT2D eigenvalue weighted by molar-refractivity contribution is 0.124. The fourth-order valence-corrected chi connectivity index (χ4v) is 2.31.